The highest BCUT2D eigenvalue weighted by atomic mass is 35.5. The van der Waals surface area contributed by atoms with E-state index in [0.29, 0.717) is 44.2 Å². The Balaban J connectivity index is 1.40. The molecule has 4 rings (SSSR count). The van der Waals surface area contributed by atoms with Gasteiger partial charge >= 0.3 is 5.97 Å². The predicted octanol–water partition coefficient (Wildman–Crippen LogP) is 2.88. The highest BCUT2D eigenvalue weighted by Crippen LogP contribution is 2.30. The van der Waals surface area contributed by atoms with Gasteiger partial charge in [-0.3, -0.25) is 9.69 Å². The molecule has 1 amide bonds. The number of piperazine rings is 1. The van der Waals surface area contributed by atoms with Crippen LogP contribution >= 0.6 is 11.6 Å². The van der Waals surface area contributed by atoms with Gasteiger partial charge in [0.05, 0.1) is 20.1 Å². The molecule has 0 aromatic heterocycles. The monoisotopic (exact) mass is 428 g/mol. The molecule has 158 valence electrons. The summed E-state index contributed by atoms with van der Waals surface area (Å²) in [5.74, 6) is 0.678. The van der Waals surface area contributed by atoms with Crippen LogP contribution in [0.25, 0.3) is 0 Å². The van der Waals surface area contributed by atoms with E-state index in [1.54, 1.807) is 6.07 Å². The van der Waals surface area contributed by atoms with Gasteiger partial charge in [-0.1, -0.05) is 41.9 Å². The Bertz CT molecular complexity index is 941. The van der Waals surface area contributed by atoms with Crippen molar-refractivity contribution in [1.29, 1.82) is 0 Å². The van der Waals surface area contributed by atoms with Gasteiger partial charge in [-0.2, -0.15) is 0 Å². The summed E-state index contributed by atoms with van der Waals surface area (Å²) in [4.78, 5) is 29.2. The van der Waals surface area contributed by atoms with Crippen molar-refractivity contribution in [3.05, 3.63) is 64.2 Å². The Morgan fingerprint density at radius 1 is 1.13 bits per heavy atom. The van der Waals surface area contributed by atoms with Gasteiger partial charge in [-0.25, -0.2) is 4.79 Å². The Morgan fingerprint density at radius 2 is 1.90 bits per heavy atom. The van der Waals surface area contributed by atoms with Crippen molar-refractivity contribution >= 4 is 23.5 Å². The molecular formula is C23H25ClN2O4. The molecule has 7 heteroatoms. The first-order chi connectivity index (χ1) is 14.6. The highest BCUT2D eigenvalue weighted by Gasteiger charge is 2.33. The molecule has 0 spiro atoms. The molecule has 1 atom stereocenters. The van der Waals surface area contributed by atoms with Crippen LogP contribution in [-0.4, -0.2) is 61.6 Å². The SMILES string of the molecule is COC(=O)C(c1ccccc1Cl)N1CCN(C(=O)Cc2ccc3c(c2)CCO3)CC1. The maximum atomic E-state index is 12.8. The summed E-state index contributed by atoms with van der Waals surface area (Å²) in [5.41, 5.74) is 2.91. The molecule has 2 aromatic rings. The van der Waals surface area contributed by atoms with E-state index in [9.17, 15) is 9.59 Å². The molecule has 2 aliphatic heterocycles. The smallest absolute Gasteiger partial charge is 0.327 e. The van der Waals surface area contributed by atoms with Crippen LogP contribution in [0, 0.1) is 0 Å². The number of nitrogens with zero attached hydrogens (tertiary/aromatic N) is 2. The zero-order chi connectivity index (χ0) is 21.1. The zero-order valence-corrected chi connectivity index (χ0v) is 17.7. The maximum absolute atomic E-state index is 12.8. The fourth-order valence-electron chi connectivity index (χ4n) is 4.15. The number of carbonyl (C=O) groups is 2. The molecule has 1 saturated heterocycles. The number of amides is 1. The van der Waals surface area contributed by atoms with Crippen molar-refractivity contribution in [3.8, 4) is 5.75 Å². The summed E-state index contributed by atoms with van der Waals surface area (Å²) < 4.78 is 10.6. The fourth-order valence-corrected chi connectivity index (χ4v) is 4.39. The van der Waals surface area contributed by atoms with Crippen molar-refractivity contribution in [2.75, 3.05) is 39.9 Å². The van der Waals surface area contributed by atoms with Crippen molar-refractivity contribution in [3.63, 3.8) is 0 Å². The molecule has 0 radical (unpaired) electrons. The molecule has 0 saturated carbocycles. The van der Waals surface area contributed by atoms with E-state index in [2.05, 4.69) is 6.07 Å². The molecule has 2 heterocycles. The van der Waals surface area contributed by atoms with E-state index in [1.165, 1.54) is 12.7 Å². The second-order valence-electron chi connectivity index (χ2n) is 7.58. The highest BCUT2D eigenvalue weighted by molar-refractivity contribution is 6.31. The number of carbonyl (C=O) groups excluding carboxylic acids is 2. The minimum Gasteiger partial charge on any atom is -0.493 e. The van der Waals surface area contributed by atoms with Gasteiger partial charge in [-0.05, 0) is 28.8 Å². The van der Waals surface area contributed by atoms with Gasteiger partial charge in [0.1, 0.15) is 11.8 Å². The van der Waals surface area contributed by atoms with Crippen molar-refractivity contribution in [2.24, 2.45) is 0 Å². The first-order valence-electron chi connectivity index (χ1n) is 10.2. The first kappa shape index (κ1) is 20.7. The van der Waals surface area contributed by atoms with Gasteiger partial charge in [-0.15, -0.1) is 0 Å². The molecule has 0 bridgehead atoms. The van der Waals surface area contributed by atoms with E-state index >= 15 is 0 Å². The largest absolute Gasteiger partial charge is 0.493 e. The van der Waals surface area contributed by atoms with Gasteiger partial charge in [0.25, 0.3) is 0 Å². The lowest BCUT2D eigenvalue weighted by Crippen LogP contribution is -2.51. The molecule has 2 aliphatic rings. The summed E-state index contributed by atoms with van der Waals surface area (Å²) >= 11 is 6.34. The van der Waals surface area contributed by atoms with Crippen LogP contribution in [0.4, 0.5) is 0 Å². The molecule has 6 nitrogen and oxygen atoms in total. The number of hydrogen-bond acceptors (Lipinski definition) is 5. The molecule has 0 N–H and O–H groups in total. The predicted molar refractivity (Wildman–Crippen MR) is 114 cm³/mol. The van der Waals surface area contributed by atoms with Crippen LogP contribution < -0.4 is 4.74 Å². The average molecular weight is 429 g/mol. The number of ether oxygens (including phenoxy) is 2. The molecule has 2 aromatic carbocycles. The summed E-state index contributed by atoms with van der Waals surface area (Å²) in [5, 5.41) is 0.534. The van der Waals surface area contributed by atoms with Crippen LogP contribution in [0.1, 0.15) is 22.7 Å². The summed E-state index contributed by atoms with van der Waals surface area (Å²) in [6, 6.07) is 12.7. The number of hydrogen-bond donors (Lipinski definition) is 0. The van der Waals surface area contributed by atoms with Crippen LogP contribution in [0.2, 0.25) is 5.02 Å². The van der Waals surface area contributed by atoms with Crippen LogP contribution in [-0.2, 0) is 27.2 Å². The first-order valence-corrected chi connectivity index (χ1v) is 10.5. The van der Waals surface area contributed by atoms with E-state index < -0.39 is 6.04 Å². The van der Waals surface area contributed by atoms with Crippen molar-refractivity contribution < 1.29 is 19.1 Å². The second kappa shape index (κ2) is 9.06. The number of rotatable bonds is 5. The minimum atomic E-state index is -0.572. The molecule has 1 unspecified atom stereocenters. The number of esters is 1. The number of methoxy groups -OCH3 is 1. The quantitative estimate of drug-likeness (QED) is 0.685. The van der Waals surface area contributed by atoms with Crippen LogP contribution in [0.5, 0.6) is 5.75 Å². The van der Waals surface area contributed by atoms with E-state index in [1.807, 2.05) is 40.1 Å². The standard InChI is InChI=1S/C23H25ClN2O4/c1-29-23(28)22(18-4-2-3-5-19(18)24)26-11-9-25(10-12-26)21(27)15-16-6-7-20-17(14-16)8-13-30-20/h2-7,14,22H,8-13,15H2,1H3. The van der Waals surface area contributed by atoms with E-state index in [0.717, 1.165) is 23.3 Å². The van der Waals surface area contributed by atoms with Gasteiger partial charge < -0.3 is 14.4 Å². The van der Waals surface area contributed by atoms with Gasteiger partial charge in [0.15, 0.2) is 0 Å². The Labute approximate surface area is 181 Å². The zero-order valence-electron chi connectivity index (χ0n) is 17.0. The number of fused-ring (bicyclic) bond motifs is 1. The third-order valence-corrected chi connectivity index (χ3v) is 6.11. The normalized spacial score (nSPS) is 17.2. The van der Waals surface area contributed by atoms with E-state index in [4.69, 9.17) is 21.1 Å². The topological polar surface area (TPSA) is 59.1 Å². The number of halogens is 1. The Hall–Kier alpha value is -2.57. The Kier molecular flexibility index (Phi) is 6.25. The van der Waals surface area contributed by atoms with Crippen LogP contribution in [0.3, 0.4) is 0 Å². The lowest BCUT2D eigenvalue weighted by Gasteiger charge is -2.38. The van der Waals surface area contributed by atoms with Gasteiger partial charge in [0.2, 0.25) is 5.91 Å². The molecular weight excluding hydrogens is 404 g/mol. The number of benzene rings is 2. The molecule has 30 heavy (non-hydrogen) atoms. The molecule has 1 fully saturated rings. The second-order valence-corrected chi connectivity index (χ2v) is 7.99. The maximum Gasteiger partial charge on any atom is 0.327 e. The van der Waals surface area contributed by atoms with Gasteiger partial charge in [0, 0.05) is 37.6 Å². The molecule has 0 aliphatic carbocycles. The lowest BCUT2D eigenvalue weighted by atomic mass is 10.0. The minimum absolute atomic E-state index is 0.0980. The summed E-state index contributed by atoms with van der Waals surface area (Å²) in [6.45, 7) is 2.99. The summed E-state index contributed by atoms with van der Waals surface area (Å²) in [7, 11) is 1.38. The lowest BCUT2D eigenvalue weighted by molar-refractivity contribution is -0.148. The third kappa shape index (κ3) is 4.30. The van der Waals surface area contributed by atoms with Crippen LogP contribution in [0.15, 0.2) is 42.5 Å². The summed E-state index contributed by atoms with van der Waals surface area (Å²) in [6.07, 6.45) is 1.27. The van der Waals surface area contributed by atoms with Crippen molar-refractivity contribution in [1.82, 2.24) is 9.80 Å². The average Bonchev–Trinajstić information content (AvgIpc) is 3.23. The fraction of sp³-hybridized carbons (Fsp3) is 0.391. The third-order valence-electron chi connectivity index (χ3n) is 5.77. The van der Waals surface area contributed by atoms with E-state index in [-0.39, 0.29) is 11.9 Å². The Morgan fingerprint density at radius 3 is 2.63 bits per heavy atom. The van der Waals surface area contributed by atoms with Crippen molar-refractivity contribution in [2.45, 2.75) is 18.9 Å².